The SMILES string of the molecule is O=C(O)C(COP(=O)(O)OCC(OP(=O)(O)O)C(=O)O)OP(=O)(O)O. The van der Waals surface area contributed by atoms with Gasteiger partial charge in [0.2, 0.25) is 0 Å². The highest BCUT2D eigenvalue weighted by Gasteiger charge is 2.35. The Kier molecular flexibility index (Phi) is 9.01. The normalized spacial score (nSPS) is 17.5. The molecule has 2 unspecified atom stereocenters. The fourth-order valence-corrected chi connectivity index (χ4v) is 2.67. The summed E-state index contributed by atoms with van der Waals surface area (Å²) in [5.74, 6) is -3.95. The lowest BCUT2D eigenvalue weighted by atomic mass is 10.4. The summed E-state index contributed by atoms with van der Waals surface area (Å²) in [6.07, 6.45) is -4.77. The number of hydrogen-bond donors (Lipinski definition) is 7. The second-order valence-electron chi connectivity index (χ2n) is 3.91. The van der Waals surface area contributed by atoms with Crippen LogP contribution in [-0.4, -0.2) is 72.0 Å². The van der Waals surface area contributed by atoms with Crippen molar-refractivity contribution in [1.29, 1.82) is 0 Å². The standard InChI is InChI=1S/C6H13O16P3/c7-5(8)3(21-23(11,12)13)1-19-25(17,18)20-2-4(6(9)10)22-24(14,15)16/h3-4H,1-2H2,(H,7,8)(H,9,10)(H,17,18)(H2,11,12,13)(H2,14,15,16). The van der Waals surface area contributed by atoms with Crippen LogP contribution in [0.15, 0.2) is 0 Å². The molecule has 0 aromatic carbocycles. The molecule has 7 N–H and O–H groups in total. The highest BCUT2D eigenvalue weighted by atomic mass is 31.2. The fraction of sp³-hybridized carbons (Fsp3) is 0.667. The molecule has 0 heterocycles. The molecule has 0 rings (SSSR count). The zero-order valence-corrected chi connectivity index (χ0v) is 14.4. The molecule has 25 heavy (non-hydrogen) atoms. The molecule has 0 saturated heterocycles. The van der Waals surface area contributed by atoms with Gasteiger partial charge in [0.05, 0.1) is 13.2 Å². The Bertz CT molecular complexity index is 565. The van der Waals surface area contributed by atoms with Crippen molar-refractivity contribution in [3.05, 3.63) is 0 Å². The van der Waals surface area contributed by atoms with E-state index >= 15 is 0 Å². The Morgan fingerprint density at radius 1 is 0.720 bits per heavy atom. The molecular weight excluding hydrogens is 421 g/mol. The van der Waals surface area contributed by atoms with Gasteiger partial charge in [0.1, 0.15) is 0 Å². The first-order valence-corrected chi connectivity index (χ1v) is 10.1. The Morgan fingerprint density at radius 3 is 1.20 bits per heavy atom. The third-order valence-electron chi connectivity index (χ3n) is 1.86. The van der Waals surface area contributed by atoms with Crippen molar-refractivity contribution < 1.29 is 76.1 Å². The molecule has 2 atom stereocenters. The largest absolute Gasteiger partial charge is 0.479 e. The predicted octanol–water partition coefficient (Wildman–Crippen LogP) is -1.76. The van der Waals surface area contributed by atoms with Gasteiger partial charge in [0.25, 0.3) is 0 Å². The monoisotopic (exact) mass is 434 g/mol. The summed E-state index contributed by atoms with van der Waals surface area (Å²) in [5, 5.41) is 17.2. The first kappa shape index (κ1) is 24.3. The van der Waals surface area contributed by atoms with E-state index in [2.05, 4.69) is 18.1 Å². The van der Waals surface area contributed by atoms with Crippen LogP contribution in [0, 0.1) is 0 Å². The van der Waals surface area contributed by atoms with Crippen LogP contribution < -0.4 is 0 Å². The van der Waals surface area contributed by atoms with Crippen LogP contribution in [0.3, 0.4) is 0 Å². The molecule has 148 valence electrons. The Balaban J connectivity index is 4.78. The molecule has 0 fully saturated rings. The van der Waals surface area contributed by atoms with Gasteiger partial charge in [-0.25, -0.2) is 23.3 Å². The highest BCUT2D eigenvalue weighted by Crippen LogP contribution is 2.46. The van der Waals surface area contributed by atoms with E-state index in [-0.39, 0.29) is 0 Å². The number of aliphatic carboxylic acids is 2. The van der Waals surface area contributed by atoms with Crippen LogP contribution in [0.5, 0.6) is 0 Å². The smallest absolute Gasteiger partial charge is 0.472 e. The lowest BCUT2D eigenvalue weighted by Gasteiger charge is -2.18. The molecule has 0 aromatic rings. The minimum absolute atomic E-state index is 1.40. The van der Waals surface area contributed by atoms with E-state index in [1.165, 1.54) is 0 Å². The average Bonchev–Trinajstić information content (AvgIpc) is 2.36. The number of phosphoric acid groups is 3. The number of hydrogen-bond acceptors (Lipinski definition) is 9. The second kappa shape index (κ2) is 9.28. The van der Waals surface area contributed by atoms with E-state index in [0.717, 1.165) is 0 Å². The van der Waals surface area contributed by atoms with Crippen LogP contribution in [-0.2, 0) is 41.4 Å². The first-order valence-electron chi connectivity index (χ1n) is 5.58. The third kappa shape index (κ3) is 12.3. The van der Waals surface area contributed by atoms with Crippen LogP contribution in [0.2, 0.25) is 0 Å². The van der Waals surface area contributed by atoms with Gasteiger partial charge in [0.15, 0.2) is 12.2 Å². The Hall–Kier alpha value is -0.730. The van der Waals surface area contributed by atoms with Gasteiger partial charge in [-0.15, -0.1) is 0 Å². The highest BCUT2D eigenvalue weighted by molar-refractivity contribution is 7.47. The number of carbonyl (C=O) groups is 2. The maximum atomic E-state index is 11.4. The second-order valence-corrected chi connectivity index (χ2v) is 7.74. The summed E-state index contributed by atoms with van der Waals surface area (Å²) in [6.45, 7) is -2.80. The van der Waals surface area contributed by atoms with E-state index in [0.29, 0.717) is 0 Å². The Labute approximate surface area is 138 Å². The van der Waals surface area contributed by atoms with E-state index in [9.17, 15) is 28.2 Å². The van der Waals surface area contributed by atoms with Gasteiger partial charge in [-0.1, -0.05) is 0 Å². The quantitative estimate of drug-likeness (QED) is 0.168. The van der Waals surface area contributed by atoms with Crippen molar-refractivity contribution >= 4 is 35.4 Å². The summed E-state index contributed by atoms with van der Waals surface area (Å²) in [5.41, 5.74) is 0. The number of phosphoric ester groups is 3. The minimum Gasteiger partial charge on any atom is -0.479 e. The van der Waals surface area contributed by atoms with Gasteiger partial charge in [0, 0.05) is 0 Å². The Morgan fingerprint density at radius 2 is 1.00 bits per heavy atom. The van der Waals surface area contributed by atoms with Crippen molar-refractivity contribution in [2.75, 3.05) is 13.2 Å². The summed E-state index contributed by atoms with van der Waals surface area (Å²) >= 11 is 0. The number of rotatable bonds is 12. The minimum atomic E-state index is -5.28. The summed E-state index contributed by atoms with van der Waals surface area (Å²) in [6, 6.07) is 0. The number of carboxylic acids is 2. The zero-order chi connectivity index (χ0) is 20.1. The van der Waals surface area contributed by atoms with Crippen LogP contribution in [0.4, 0.5) is 0 Å². The van der Waals surface area contributed by atoms with Crippen molar-refractivity contribution in [3.63, 3.8) is 0 Å². The van der Waals surface area contributed by atoms with E-state index in [4.69, 9.17) is 29.8 Å². The van der Waals surface area contributed by atoms with Crippen molar-refractivity contribution in [2.45, 2.75) is 12.2 Å². The predicted molar refractivity (Wildman–Crippen MR) is 70.8 cm³/mol. The van der Waals surface area contributed by atoms with Gasteiger partial charge in [-0.2, -0.15) is 0 Å². The molecule has 0 radical (unpaired) electrons. The molecule has 0 saturated carbocycles. The van der Waals surface area contributed by atoms with Gasteiger partial charge >= 0.3 is 35.4 Å². The maximum absolute atomic E-state index is 11.4. The molecule has 16 nitrogen and oxygen atoms in total. The van der Waals surface area contributed by atoms with Crippen molar-refractivity contribution in [1.82, 2.24) is 0 Å². The average molecular weight is 434 g/mol. The summed E-state index contributed by atoms with van der Waals surface area (Å²) in [4.78, 5) is 64.4. The van der Waals surface area contributed by atoms with Crippen molar-refractivity contribution in [2.24, 2.45) is 0 Å². The van der Waals surface area contributed by atoms with Crippen LogP contribution in [0.25, 0.3) is 0 Å². The third-order valence-corrected chi connectivity index (χ3v) is 3.87. The fourth-order valence-electron chi connectivity index (χ4n) is 0.986. The van der Waals surface area contributed by atoms with E-state index in [1.807, 2.05) is 0 Å². The lowest BCUT2D eigenvalue weighted by molar-refractivity contribution is -0.147. The van der Waals surface area contributed by atoms with Crippen LogP contribution in [0.1, 0.15) is 0 Å². The molecule has 0 amide bonds. The first-order chi connectivity index (χ1) is 11.0. The van der Waals surface area contributed by atoms with Gasteiger partial charge in [-0.05, 0) is 0 Å². The molecule has 0 spiro atoms. The van der Waals surface area contributed by atoms with E-state index in [1.54, 1.807) is 0 Å². The zero-order valence-electron chi connectivity index (χ0n) is 11.7. The molecule has 0 bridgehead atoms. The number of carboxylic acid groups (broad SMARTS) is 2. The van der Waals surface area contributed by atoms with Gasteiger partial charge < -0.3 is 34.7 Å². The lowest BCUT2D eigenvalue weighted by Crippen LogP contribution is -2.29. The van der Waals surface area contributed by atoms with Crippen molar-refractivity contribution in [3.8, 4) is 0 Å². The molecular formula is C6H13O16P3. The summed E-state index contributed by atoms with van der Waals surface area (Å²) in [7, 11) is -15.8. The topological polar surface area (TPSA) is 264 Å². The summed E-state index contributed by atoms with van der Waals surface area (Å²) < 4.78 is 48.1. The maximum Gasteiger partial charge on any atom is 0.472 e. The molecule has 0 aliphatic rings. The molecule has 0 aromatic heterocycles. The van der Waals surface area contributed by atoms with Crippen LogP contribution >= 0.6 is 23.5 Å². The molecule has 0 aliphatic heterocycles. The molecule has 0 aliphatic carbocycles. The van der Waals surface area contributed by atoms with Gasteiger partial charge in [-0.3, -0.25) is 18.1 Å². The van der Waals surface area contributed by atoms with E-state index < -0.39 is 60.8 Å². The molecule has 19 heteroatoms.